The Kier molecular flexibility index (Phi) is 6.85. The summed E-state index contributed by atoms with van der Waals surface area (Å²) < 4.78 is 5.60. The molecule has 0 N–H and O–H groups in total. The van der Waals surface area contributed by atoms with Crippen molar-refractivity contribution in [1.82, 2.24) is 9.80 Å². The second-order valence-electron chi connectivity index (χ2n) is 7.76. The Hall–Kier alpha value is -2.04. The van der Waals surface area contributed by atoms with Gasteiger partial charge in [-0.1, -0.05) is 39.0 Å². The van der Waals surface area contributed by atoms with Crippen LogP contribution in [0.25, 0.3) is 0 Å². The second kappa shape index (κ2) is 8.88. The molecule has 25 heavy (non-hydrogen) atoms. The van der Waals surface area contributed by atoms with E-state index in [1.807, 2.05) is 40.1 Å². The fraction of sp³-hybridized carbons (Fsp3) is 0.600. The molecule has 1 saturated heterocycles. The van der Waals surface area contributed by atoms with E-state index in [1.54, 1.807) is 0 Å². The fourth-order valence-electron chi connectivity index (χ4n) is 2.91. The van der Waals surface area contributed by atoms with Gasteiger partial charge in [-0.15, -0.1) is 0 Å². The molecule has 0 bridgehead atoms. The van der Waals surface area contributed by atoms with Gasteiger partial charge in [0.05, 0.1) is 13.0 Å². The summed E-state index contributed by atoms with van der Waals surface area (Å²) in [6, 6.07) is 9.52. The van der Waals surface area contributed by atoms with Crippen LogP contribution in [-0.2, 0) is 9.59 Å². The highest BCUT2D eigenvalue weighted by Crippen LogP contribution is 2.20. The summed E-state index contributed by atoms with van der Waals surface area (Å²) in [4.78, 5) is 28.5. The van der Waals surface area contributed by atoms with Crippen LogP contribution >= 0.6 is 0 Å². The molecule has 1 aliphatic rings. The molecular formula is C20H30N2O3. The summed E-state index contributed by atoms with van der Waals surface area (Å²) in [5.41, 5.74) is -0.00628. The predicted octanol–water partition coefficient (Wildman–Crippen LogP) is 2.95. The maximum Gasteiger partial charge on any atom is 0.226 e. The minimum absolute atomic E-state index is 0.00628. The minimum atomic E-state index is -0.00628. The lowest BCUT2D eigenvalue weighted by Gasteiger charge is -2.25. The lowest BCUT2D eigenvalue weighted by molar-refractivity contribution is -0.134. The third-order valence-corrected chi connectivity index (χ3v) is 4.21. The van der Waals surface area contributed by atoms with Gasteiger partial charge in [0.1, 0.15) is 5.75 Å². The summed E-state index contributed by atoms with van der Waals surface area (Å²) in [6.45, 7) is 9.29. The van der Waals surface area contributed by atoms with E-state index in [-0.39, 0.29) is 17.2 Å². The van der Waals surface area contributed by atoms with E-state index >= 15 is 0 Å². The zero-order valence-electron chi connectivity index (χ0n) is 15.7. The molecule has 5 heteroatoms. The first-order valence-electron chi connectivity index (χ1n) is 9.08. The molecule has 0 saturated carbocycles. The molecule has 0 unspecified atom stereocenters. The van der Waals surface area contributed by atoms with E-state index in [0.717, 1.165) is 18.7 Å². The largest absolute Gasteiger partial charge is 0.493 e. The van der Waals surface area contributed by atoms with Gasteiger partial charge < -0.3 is 14.5 Å². The van der Waals surface area contributed by atoms with Crippen molar-refractivity contribution in [2.75, 3.05) is 32.8 Å². The number of para-hydroxylation sites is 1. The van der Waals surface area contributed by atoms with Gasteiger partial charge in [-0.05, 0) is 24.0 Å². The van der Waals surface area contributed by atoms with Gasteiger partial charge in [-0.3, -0.25) is 9.59 Å². The number of nitrogens with zero attached hydrogens (tertiary/aromatic N) is 2. The van der Waals surface area contributed by atoms with E-state index < -0.39 is 0 Å². The van der Waals surface area contributed by atoms with Crippen molar-refractivity contribution in [2.24, 2.45) is 5.41 Å². The maximum atomic E-state index is 12.4. The molecule has 5 nitrogen and oxygen atoms in total. The van der Waals surface area contributed by atoms with E-state index in [9.17, 15) is 9.59 Å². The van der Waals surface area contributed by atoms with Gasteiger partial charge in [0, 0.05) is 32.6 Å². The number of benzene rings is 1. The highest BCUT2D eigenvalue weighted by Gasteiger charge is 2.24. The second-order valence-corrected chi connectivity index (χ2v) is 7.76. The molecule has 0 aliphatic carbocycles. The standard InChI is InChI=1S/C20H30N2O3/c1-20(2,3)16-19(24)22-12-7-11-21(13-14-22)18(23)10-15-25-17-8-5-4-6-9-17/h4-6,8-9H,7,10-16H2,1-3H3. The number of hydrogen-bond acceptors (Lipinski definition) is 3. The average molecular weight is 346 g/mol. The van der Waals surface area contributed by atoms with Gasteiger partial charge in [-0.2, -0.15) is 0 Å². The molecule has 0 spiro atoms. The highest BCUT2D eigenvalue weighted by atomic mass is 16.5. The molecule has 1 heterocycles. The number of rotatable bonds is 5. The highest BCUT2D eigenvalue weighted by molar-refractivity contribution is 5.78. The lowest BCUT2D eigenvalue weighted by Crippen LogP contribution is -2.38. The van der Waals surface area contributed by atoms with Gasteiger partial charge in [0.15, 0.2) is 0 Å². The number of hydrogen-bond donors (Lipinski definition) is 0. The smallest absolute Gasteiger partial charge is 0.226 e. The van der Waals surface area contributed by atoms with Crippen LogP contribution in [0, 0.1) is 5.41 Å². The predicted molar refractivity (Wildman–Crippen MR) is 98.4 cm³/mol. The Morgan fingerprint density at radius 1 is 0.960 bits per heavy atom. The van der Waals surface area contributed by atoms with Crippen LogP contribution < -0.4 is 4.74 Å². The summed E-state index contributed by atoms with van der Waals surface area (Å²) in [5.74, 6) is 1.07. The van der Waals surface area contributed by atoms with Crippen LogP contribution in [0.15, 0.2) is 30.3 Å². The van der Waals surface area contributed by atoms with Crippen molar-refractivity contribution in [2.45, 2.75) is 40.0 Å². The number of carbonyl (C=O) groups is 2. The molecule has 2 amide bonds. The molecule has 1 aromatic rings. The molecule has 1 aliphatic heterocycles. The minimum Gasteiger partial charge on any atom is -0.493 e. The molecule has 0 radical (unpaired) electrons. The normalized spacial score (nSPS) is 15.6. The molecule has 2 rings (SSSR count). The molecule has 0 aromatic heterocycles. The average Bonchev–Trinajstić information content (AvgIpc) is 2.80. The van der Waals surface area contributed by atoms with Gasteiger partial charge >= 0.3 is 0 Å². The Morgan fingerprint density at radius 3 is 2.16 bits per heavy atom. The van der Waals surface area contributed by atoms with E-state index in [0.29, 0.717) is 39.1 Å². The first kappa shape index (κ1) is 19.3. The summed E-state index contributed by atoms with van der Waals surface area (Å²) in [6.07, 6.45) is 1.75. The van der Waals surface area contributed by atoms with Gasteiger partial charge in [-0.25, -0.2) is 0 Å². The molecule has 138 valence electrons. The van der Waals surface area contributed by atoms with Crippen LogP contribution in [0.2, 0.25) is 0 Å². The van der Waals surface area contributed by atoms with Crippen LogP contribution in [0.3, 0.4) is 0 Å². The number of amides is 2. The van der Waals surface area contributed by atoms with E-state index in [4.69, 9.17) is 4.74 Å². The lowest BCUT2D eigenvalue weighted by atomic mass is 9.91. The maximum absolute atomic E-state index is 12.4. The Bertz CT molecular complexity index is 566. The van der Waals surface area contributed by atoms with Crippen LogP contribution in [0.5, 0.6) is 5.75 Å². The molecule has 1 fully saturated rings. The van der Waals surface area contributed by atoms with Gasteiger partial charge in [0.2, 0.25) is 11.8 Å². The monoisotopic (exact) mass is 346 g/mol. The quantitative estimate of drug-likeness (QED) is 0.824. The zero-order valence-corrected chi connectivity index (χ0v) is 15.7. The van der Waals surface area contributed by atoms with Crippen molar-refractivity contribution in [1.29, 1.82) is 0 Å². The Morgan fingerprint density at radius 2 is 1.56 bits per heavy atom. The summed E-state index contributed by atoms with van der Waals surface area (Å²) >= 11 is 0. The van der Waals surface area contributed by atoms with E-state index in [1.165, 1.54) is 0 Å². The van der Waals surface area contributed by atoms with Crippen molar-refractivity contribution >= 4 is 11.8 Å². The van der Waals surface area contributed by atoms with Crippen molar-refractivity contribution in [3.8, 4) is 5.75 Å². The Balaban J connectivity index is 1.76. The molecular weight excluding hydrogens is 316 g/mol. The van der Waals surface area contributed by atoms with Crippen molar-refractivity contribution in [3.05, 3.63) is 30.3 Å². The van der Waals surface area contributed by atoms with Gasteiger partial charge in [0.25, 0.3) is 0 Å². The fourth-order valence-corrected chi connectivity index (χ4v) is 2.91. The molecule has 0 atom stereocenters. The van der Waals surface area contributed by atoms with Crippen LogP contribution in [0.4, 0.5) is 0 Å². The number of carbonyl (C=O) groups excluding carboxylic acids is 2. The van der Waals surface area contributed by atoms with Crippen LogP contribution in [0.1, 0.15) is 40.0 Å². The third-order valence-electron chi connectivity index (χ3n) is 4.21. The third kappa shape index (κ3) is 6.77. The first-order valence-corrected chi connectivity index (χ1v) is 9.08. The zero-order chi connectivity index (χ0) is 18.3. The topological polar surface area (TPSA) is 49.9 Å². The van der Waals surface area contributed by atoms with Crippen molar-refractivity contribution < 1.29 is 14.3 Å². The van der Waals surface area contributed by atoms with Crippen LogP contribution in [-0.4, -0.2) is 54.4 Å². The number of ether oxygens (including phenoxy) is 1. The summed E-state index contributed by atoms with van der Waals surface area (Å²) in [7, 11) is 0. The summed E-state index contributed by atoms with van der Waals surface area (Å²) in [5, 5.41) is 0. The molecule has 1 aromatic carbocycles. The van der Waals surface area contributed by atoms with Crippen molar-refractivity contribution in [3.63, 3.8) is 0 Å². The van der Waals surface area contributed by atoms with E-state index in [2.05, 4.69) is 20.8 Å². The Labute approximate surface area is 150 Å². The first-order chi connectivity index (χ1) is 11.8. The SMILES string of the molecule is CC(C)(C)CC(=O)N1CCCN(C(=O)CCOc2ccccc2)CC1.